The second-order valence-corrected chi connectivity index (χ2v) is 5.42. The van der Waals surface area contributed by atoms with Crippen LogP contribution in [-0.2, 0) is 4.79 Å². The summed E-state index contributed by atoms with van der Waals surface area (Å²) in [6.07, 6.45) is 0. The van der Waals surface area contributed by atoms with Crippen molar-refractivity contribution in [3.05, 3.63) is 63.3 Å². The first-order chi connectivity index (χ1) is 9.47. The maximum absolute atomic E-state index is 12.9. The molecule has 2 rings (SSSR count). The number of anilines is 1. The van der Waals surface area contributed by atoms with Crippen molar-refractivity contribution >= 4 is 39.1 Å². The third kappa shape index (κ3) is 3.49. The van der Waals surface area contributed by atoms with Gasteiger partial charge in [-0.05, 0) is 51.8 Å². The molecular weight excluding hydrogens is 347 g/mol. The minimum absolute atomic E-state index is 0.369. The Morgan fingerprint density at radius 1 is 1.25 bits per heavy atom. The largest absolute Gasteiger partial charge is 0.370 e. The quantitative estimate of drug-likeness (QED) is 0.872. The number of halogens is 3. The van der Waals surface area contributed by atoms with E-state index >= 15 is 0 Å². The van der Waals surface area contributed by atoms with E-state index in [0.717, 1.165) is 0 Å². The molecule has 0 bridgehead atoms. The van der Waals surface area contributed by atoms with Crippen molar-refractivity contribution in [2.45, 2.75) is 6.04 Å². The molecule has 6 heteroatoms. The second-order valence-electron chi connectivity index (χ2n) is 4.16. The van der Waals surface area contributed by atoms with Gasteiger partial charge in [0, 0.05) is 10.2 Å². The van der Waals surface area contributed by atoms with Gasteiger partial charge < -0.3 is 11.1 Å². The van der Waals surface area contributed by atoms with E-state index in [2.05, 4.69) is 21.2 Å². The molecule has 0 spiro atoms. The minimum Gasteiger partial charge on any atom is -0.370 e. The number of primary amides is 1. The predicted molar refractivity (Wildman–Crippen MR) is 81.1 cm³/mol. The number of nitrogens with one attached hydrogen (secondary N) is 1. The van der Waals surface area contributed by atoms with Crippen LogP contribution in [0.1, 0.15) is 11.6 Å². The third-order valence-corrected chi connectivity index (χ3v) is 3.93. The first-order valence-electron chi connectivity index (χ1n) is 5.74. The van der Waals surface area contributed by atoms with Gasteiger partial charge in [-0.15, -0.1) is 0 Å². The Bertz CT molecular complexity index is 634. The van der Waals surface area contributed by atoms with Gasteiger partial charge in [-0.1, -0.05) is 23.7 Å². The van der Waals surface area contributed by atoms with Gasteiger partial charge in [0.2, 0.25) is 5.91 Å². The fourth-order valence-corrected chi connectivity index (χ4v) is 2.22. The normalized spacial score (nSPS) is 11.9. The smallest absolute Gasteiger partial charge is 0.244 e. The van der Waals surface area contributed by atoms with Gasteiger partial charge in [0.15, 0.2) is 0 Å². The van der Waals surface area contributed by atoms with Crippen LogP contribution >= 0.6 is 27.5 Å². The summed E-state index contributed by atoms with van der Waals surface area (Å²) >= 11 is 9.21. The van der Waals surface area contributed by atoms with Gasteiger partial charge >= 0.3 is 0 Å². The summed E-state index contributed by atoms with van der Waals surface area (Å²) in [5.74, 6) is -0.922. The van der Waals surface area contributed by atoms with Gasteiger partial charge in [-0.3, -0.25) is 4.79 Å². The molecule has 104 valence electrons. The number of amides is 1. The molecule has 0 aliphatic rings. The van der Waals surface area contributed by atoms with Crippen molar-refractivity contribution in [3.63, 3.8) is 0 Å². The van der Waals surface area contributed by atoms with Crippen molar-refractivity contribution < 1.29 is 9.18 Å². The zero-order valence-corrected chi connectivity index (χ0v) is 12.6. The SMILES string of the molecule is NC(=O)C(Nc1ccc(Cl)c(Br)c1)c1ccc(F)cc1. The summed E-state index contributed by atoms with van der Waals surface area (Å²) in [7, 11) is 0. The monoisotopic (exact) mass is 356 g/mol. The Hall–Kier alpha value is -1.59. The molecule has 0 saturated heterocycles. The molecule has 0 fully saturated rings. The van der Waals surface area contributed by atoms with Crippen LogP contribution in [0, 0.1) is 5.82 Å². The van der Waals surface area contributed by atoms with E-state index in [0.29, 0.717) is 20.7 Å². The van der Waals surface area contributed by atoms with Crippen LogP contribution in [-0.4, -0.2) is 5.91 Å². The van der Waals surface area contributed by atoms with Crippen LogP contribution < -0.4 is 11.1 Å². The first kappa shape index (κ1) is 14.8. The number of hydrogen-bond acceptors (Lipinski definition) is 2. The molecule has 1 atom stereocenters. The fourth-order valence-electron chi connectivity index (χ4n) is 1.73. The molecule has 0 aliphatic heterocycles. The number of hydrogen-bond donors (Lipinski definition) is 2. The zero-order chi connectivity index (χ0) is 14.7. The van der Waals surface area contributed by atoms with Crippen LogP contribution in [0.5, 0.6) is 0 Å². The predicted octanol–water partition coefficient (Wildman–Crippen LogP) is 3.88. The van der Waals surface area contributed by atoms with Crippen molar-refractivity contribution in [1.29, 1.82) is 0 Å². The van der Waals surface area contributed by atoms with Gasteiger partial charge in [-0.25, -0.2) is 4.39 Å². The Labute approximate surface area is 129 Å². The van der Waals surface area contributed by atoms with Gasteiger partial charge in [-0.2, -0.15) is 0 Å². The van der Waals surface area contributed by atoms with Crippen LogP contribution in [0.4, 0.5) is 10.1 Å². The zero-order valence-electron chi connectivity index (χ0n) is 10.2. The van der Waals surface area contributed by atoms with Crippen LogP contribution in [0.3, 0.4) is 0 Å². The summed E-state index contributed by atoms with van der Waals surface area (Å²) in [5.41, 5.74) is 6.65. The molecule has 3 nitrogen and oxygen atoms in total. The molecule has 0 radical (unpaired) electrons. The lowest BCUT2D eigenvalue weighted by Crippen LogP contribution is -2.27. The molecule has 0 saturated carbocycles. The highest BCUT2D eigenvalue weighted by Crippen LogP contribution is 2.28. The summed E-state index contributed by atoms with van der Waals surface area (Å²) in [6, 6.07) is 10.0. The van der Waals surface area contributed by atoms with Crippen molar-refractivity contribution in [3.8, 4) is 0 Å². The summed E-state index contributed by atoms with van der Waals surface area (Å²) in [6.45, 7) is 0. The third-order valence-electron chi connectivity index (χ3n) is 2.72. The fraction of sp³-hybridized carbons (Fsp3) is 0.0714. The lowest BCUT2D eigenvalue weighted by molar-refractivity contribution is -0.118. The van der Waals surface area contributed by atoms with Crippen LogP contribution in [0.2, 0.25) is 5.02 Å². The summed E-state index contributed by atoms with van der Waals surface area (Å²) < 4.78 is 13.6. The summed E-state index contributed by atoms with van der Waals surface area (Å²) in [5, 5.41) is 3.56. The average molecular weight is 358 g/mol. The molecule has 0 aliphatic carbocycles. The molecule has 20 heavy (non-hydrogen) atoms. The Balaban J connectivity index is 2.27. The topological polar surface area (TPSA) is 55.1 Å². The van der Waals surface area contributed by atoms with E-state index in [1.54, 1.807) is 18.2 Å². The van der Waals surface area contributed by atoms with Crippen LogP contribution in [0.15, 0.2) is 46.9 Å². The molecule has 2 aromatic carbocycles. The van der Waals surface area contributed by atoms with Gasteiger partial charge in [0.1, 0.15) is 11.9 Å². The second kappa shape index (κ2) is 6.24. The number of carbonyl (C=O) groups excluding carboxylic acids is 1. The molecule has 3 N–H and O–H groups in total. The van der Waals surface area contributed by atoms with Crippen LogP contribution in [0.25, 0.3) is 0 Å². The van der Waals surface area contributed by atoms with Crippen molar-refractivity contribution in [2.75, 3.05) is 5.32 Å². The van der Waals surface area contributed by atoms with Crippen molar-refractivity contribution in [2.24, 2.45) is 5.73 Å². The van der Waals surface area contributed by atoms with E-state index in [1.165, 1.54) is 24.3 Å². The number of carbonyl (C=O) groups is 1. The molecule has 1 unspecified atom stereocenters. The van der Waals surface area contributed by atoms with Gasteiger partial charge in [0.25, 0.3) is 0 Å². The van der Waals surface area contributed by atoms with E-state index in [-0.39, 0.29) is 5.82 Å². The maximum Gasteiger partial charge on any atom is 0.244 e. The average Bonchev–Trinajstić information content (AvgIpc) is 2.41. The highest BCUT2D eigenvalue weighted by Gasteiger charge is 2.17. The standard InChI is InChI=1S/C14H11BrClFN2O/c15-11-7-10(5-6-12(11)16)19-13(14(18)20)8-1-3-9(17)4-2-8/h1-7,13,19H,(H2,18,20). The van der Waals surface area contributed by atoms with E-state index < -0.39 is 11.9 Å². The Morgan fingerprint density at radius 2 is 1.90 bits per heavy atom. The van der Waals surface area contributed by atoms with Gasteiger partial charge in [0.05, 0.1) is 5.02 Å². The Morgan fingerprint density at radius 3 is 2.45 bits per heavy atom. The highest BCUT2D eigenvalue weighted by molar-refractivity contribution is 9.10. The number of benzene rings is 2. The van der Waals surface area contributed by atoms with E-state index in [9.17, 15) is 9.18 Å². The number of rotatable bonds is 4. The van der Waals surface area contributed by atoms with Crippen molar-refractivity contribution in [1.82, 2.24) is 0 Å². The maximum atomic E-state index is 12.9. The Kier molecular flexibility index (Phi) is 4.62. The molecule has 2 aromatic rings. The molecule has 0 aromatic heterocycles. The molecule has 1 amide bonds. The molecule has 0 heterocycles. The highest BCUT2D eigenvalue weighted by atomic mass is 79.9. The first-order valence-corrected chi connectivity index (χ1v) is 6.91. The lowest BCUT2D eigenvalue weighted by Gasteiger charge is -2.17. The molecular formula is C14H11BrClFN2O. The van der Waals surface area contributed by atoms with E-state index in [4.69, 9.17) is 17.3 Å². The minimum atomic E-state index is -0.747. The summed E-state index contributed by atoms with van der Waals surface area (Å²) in [4.78, 5) is 11.6. The number of nitrogens with two attached hydrogens (primary N) is 1. The van der Waals surface area contributed by atoms with E-state index in [1.807, 2.05) is 0 Å². The lowest BCUT2D eigenvalue weighted by atomic mass is 10.1.